The molecule has 1 aliphatic carbocycles. The fourth-order valence-corrected chi connectivity index (χ4v) is 3.12. The maximum atomic E-state index is 12.7. The summed E-state index contributed by atoms with van der Waals surface area (Å²) in [5, 5.41) is 3.00. The highest BCUT2D eigenvalue weighted by Crippen LogP contribution is 2.32. The van der Waals surface area contributed by atoms with E-state index in [4.69, 9.17) is 0 Å². The Morgan fingerprint density at radius 3 is 2.67 bits per heavy atom. The zero-order valence-corrected chi connectivity index (χ0v) is 11.1. The summed E-state index contributed by atoms with van der Waals surface area (Å²) in [7, 11) is 0. The van der Waals surface area contributed by atoms with Crippen LogP contribution in [0.1, 0.15) is 45.4 Å². The second kappa shape index (κ2) is 5.12. The zero-order chi connectivity index (χ0) is 13.2. The van der Waals surface area contributed by atoms with Crippen molar-refractivity contribution in [1.82, 2.24) is 10.2 Å². The number of carbonyl (C=O) groups excluding carboxylic acids is 2. The van der Waals surface area contributed by atoms with Gasteiger partial charge in [0.2, 0.25) is 11.8 Å². The Balaban J connectivity index is 2.30. The molecule has 1 unspecified atom stereocenters. The zero-order valence-electron chi connectivity index (χ0n) is 11.1. The molecular formula is C14H22N2O2. The standard InChI is InChI=1S/C14H22N2O2/c1-3-9-16-11(2)10-12(17)15-14(13(16)18)7-5-4-6-8-14/h3,11H,1,4-10H2,2H3,(H,15,17). The van der Waals surface area contributed by atoms with Gasteiger partial charge in [0.15, 0.2) is 0 Å². The number of carbonyl (C=O) groups is 2. The lowest BCUT2D eigenvalue weighted by atomic mass is 9.80. The van der Waals surface area contributed by atoms with Crippen LogP contribution in [0, 0.1) is 0 Å². The van der Waals surface area contributed by atoms with Crippen molar-refractivity contribution < 1.29 is 9.59 Å². The molecule has 1 saturated heterocycles. The van der Waals surface area contributed by atoms with Crippen LogP contribution in [0.3, 0.4) is 0 Å². The Kier molecular flexibility index (Phi) is 3.73. The second-order valence-corrected chi connectivity index (χ2v) is 5.49. The summed E-state index contributed by atoms with van der Waals surface area (Å²) in [6, 6.07) is -0.0446. The smallest absolute Gasteiger partial charge is 0.248 e. The highest BCUT2D eigenvalue weighted by atomic mass is 16.2. The lowest BCUT2D eigenvalue weighted by Gasteiger charge is -2.38. The van der Waals surface area contributed by atoms with E-state index in [0.717, 1.165) is 32.1 Å². The van der Waals surface area contributed by atoms with Crippen molar-refractivity contribution in [2.24, 2.45) is 0 Å². The summed E-state index contributed by atoms with van der Waals surface area (Å²) in [6.45, 7) is 6.17. The highest BCUT2D eigenvalue weighted by Gasteiger charge is 2.46. The van der Waals surface area contributed by atoms with Crippen molar-refractivity contribution in [1.29, 1.82) is 0 Å². The minimum atomic E-state index is -0.636. The first-order valence-corrected chi connectivity index (χ1v) is 6.82. The summed E-state index contributed by atoms with van der Waals surface area (Å²) < 4.78 is 0. The minimum absolute atomic E-state index is 0.00399. The Hall–Kier alpha value is -1.32. The fraction of sp³-hybridized carbons (Fsp3) is 0.714. The molecule has 0 aromatic rings. The van der Waals surface area contributed by atoms with E-state index in [1.807, 2.05) is 6.92 Å². The van der Waals surface area contributed by atoms with E-state index >= 15 is 0 Å². The van der Waals surface area contributed by atoms with E-state index in [9.17, 15) is 9.59 Å². The molecule has 4 heteroatoms. The summed E-state index contributed by atoms with van der Waals surface area (Å²) in [4.78, 5) is 26.5. The third-order valence-corrected chi connectivity index (χ3v) is 4.09. The molecule has 1 N–H and O–H groups in total. The topological polar surface area (TPSA) is 49.4 Å². The fourth-order valence-electron chi connectivity index (χ4n) is 3.12. The number of amides is 2. The molecule has 2 fully saturated rings. The van der Waals surface area contributed by atoms with Gasteiger partial charge < -0.3 is 10.2 Å². The number of rotatable bonds is 2. The van der Waals surface area contributed by atoms with Crippen LogP contribution in [0.2, 0.25) is 0 Å². The molecule has 1 spiro atoms. The van der Waals surface area contributed by atoms with Gasteiger partial charge in [-0.15, -0.1) is 6.58 Å². The number of hydrogen-bond donors (Lipinski definition) is 1. The Morgan fingerprint density at radius 2 is 2.06 bits per heavy atom. The second-order valence-electron chi connectivity index (χ2n) is 5.49. The van der Waals surface area contributed by atoms with Gasteiger partial charge in [-0.1, -0.05) is 25.3 Å². The average Bonchev–Trinajstić information content (AvgIpc) is 2.42. The predicted molar refractivity (Wildman–Crippen MR) is 69.9 cm³/mol. The molecule has 2 aliphatic rings. The molecule has 100 valence electrons. The van der Waals surface area contributed by atoms with Crippen LogP contribution in [-0.4, -0.2) is 34.8 Å². The molecule has 4 nitrogen and oxygen atoms in total. The number of nitrogens with one attached hydrogen (secondary N) is 1. The quantitative estimate of drug-likeness (QED) is 0.757. The Morgan fingerprint density at radius 1 is 1.39 bits per heavy atom. The van der Waals surface area contributed by atoms with Crippen molar-refractivity contribution in [2.45, 2.75) is 57.0 Å². The van der Waals surface area contributed by atoms with Crippen LogP contribution in [0.15, 0.2) is 12.7 Å². The molecule has 0 bridgehead atoms. The largest absolute Gasteiger partial charge is 0.342 e. The van der Waals surface area contributed by atoms with E-state index in [1.54, 1.807) is 11.0 Å². The lowest BCUT2D eigenvalue weighted by Crippen LogP contribution is -2.58. The average molecular weight is 250 g/mol. The van der Waals surface area contributed by atoms with Crippen molar-refractivity contribution in [3.05, 3.63) is 12.7 Å². The van der Waals surface area contributed by atoms with Gasteiger partial charge in [0, 0.05) is 19.0 Å². The molecule has 18 heavy (non-hydrogen) atoms. The Labute approximate surface area is 108 Å². The van der Waals surface area contributed by atoms with Crippen molar-refractivity contribution in [3.8, 4) is 0 Å². The van der Waals surface area contributed by atoms with E-state index in [0.29, 0.717) is 13.0 Å². The van der Waals surface area contributed by atoms with E-state index in [-0.39, 0.29) is 17.9 Å². The van der Waals surface area contributed by atoms with Gasteiger partial charge in [0.1, 0.15) is 5.54 Å². The van der Waals surface area contributed by atoms with Gasteiger partial charge in [-0.05, 0) is 19.8 Å². The molecule has 0 aromatic carbocycles. The normalized spacial score (nSPS) is 27.8. The first-order chi connectivity index (χ1) is 8.59. The monoisotopic (exact) mass is 250 g/mol. The van der Waals surface area contributed by atoms with Gasteiger partial charge in [0.25, 0.3) is 0 Å². The number of nitrogens with zero attached hydrogens (tertiary/aromatic N) is 1. The molecule has 1 heterocycles. The highest BCUT2D eigenvalue weighted by molar-refractivity contribution is 5.94. The SMILES string of the molecule is C=CCN1C(=O)C2(CCCCC2)NC(=O)CC1C. The summed E-state index contributed by atoms with van der Waals surface area (Å²) >= 11 is 0. The molecule has 0 aromatic heterocycles. The summed E-state index contributed by atoms with van der Waals surface area (Å²) in [5.41, 5.74) is -0.636. The predicted octanol–water partition coefficient (Wildman–Crippen LogP) is 1.61. The Bertz CT molecular complexity index is 359. The van der Waals surface area contributed by atoms with Gasteiger partial charge in [0.05, 0.1) is 0 Å². The first kappa shape index (κ1) is 13.1. The molecular weight excluding hydrogens is 228 g/mol. The lowest BCUT2D eigenvalue weighted by molar-refractivity contribution is -0.141. The third kappa shape index (κ3) is 2.28. The molecule has 2 rings (SSSR count). The van der Waals surface area contributed by atoms with Crippen LogP contribution < -0.4 is 5.32 Å². The molecule has 1 saturated carbocycles. The van der Waals surface area contributed by atoms with Crippen LogP contribution in [0.5, 0.6) is 0 Å². The van der Waals surface area contributed by atoms with Gasteiger partial charge in [-0.3, -0.25) is 9.59 Å². The van der Waals surface area contributed by atoms with Gasteiger partial charge in [-0.25, -0.2) is 0 Å². The van der Waals surface area contributed by atoms with E-state index in [2.05, 4.69) is 11.9 Å². The maximum Gasteiger partial charge on any atom is 0.248 e. The molecule has 2 amide bonds. The maximum absolute atomic E-state index is 12.7. The van der Waals surface area contributed by atoms with Crippen LogP contribution in [-0.2, 0) is 9.59 Å². The number of hydrogen-bond acceptors (Lipinski definition) is 2. The van der Waals surface area contributed by atoms with Gasteiger partial charge >= 0.3 is 0 Å². The first-order valence-electron chi connectivity index (χ1n) is 6.82. The molecule has 1 aliphatic heterocycles. The van der Waals surface area contributed by atoms with E-state index in [1.165, 1.54) is 0 Å². The van der Waals surface area contributed by atoms with Crippen LogP contribution in [0.25, 0.3) is 0 Å². The summed E-state index contributed by atoms with van der Waals surface area (Å²) in [5.74, 6) is 0.0877. The van der Waals surface area contributed by atoms with Crippen molar-refractivity contribution >= 4 is 11.8 Å². The summed E-state index contributed by atoms with van der Waals surface area (Å²) in [6.07, 6.45) is 6.87. The minimum Gasteiger partial charge on any atom is -0.342 e. The van der Waals surface area contributed by atoms with Crippen LogP contribution in [0.4, 0.5) is 0 Å². The van der Waals surface area contributed by atoms with Crippen molar-refractivity contribution in [2.75, 3.05) is 6.54 Å². The van der Waals surface area contributed by atoms with Crippen LogP contribution >= 0.6 is 0 Å². The van der Waals surface area contributed by atoms with E-state index < -0.39 is 5.54 Å². The van der Waals surface area contributed by atoms with Gasteiger partial charge in [-0.2, -0.15) is 0 Å². The third-order valence-electron chi connectivity index (χ3n) is 4.09. The van der Waals surface area contributed by atoms with Crippen molar-refractivity contribution in [3.63, 3.8) is 0 Å². The molecule has 1 atom stereocenters. The molecule has 0 radical (unpaired) electrons.